The molecule has 9 heteroatoms. The molecule has 0 saturated heterocycles. The zero-order chi connectivity index (χ0) is 22.8. The molecule has 0 atom stereocenters. The molecule has 1 amide bonds. The Morgan fingerprint density at radius 2 is 2.03 bits per heavy atom. The summed E-state index contributed by atoms with van der Waals surface area (Å²) in [6, 6.07) is 8.45. The van der Waals surface area contributed by atoms with Gasteiger partial charge >= 0.3 is 5.97 Å². The smallest absolute Gasteiger partial charge is 0.341 e. The Labute approximate surface area is 184 Å². The third-order valence-corrected chi connectivity index (χ3v) is 4.96. The number of rotatable bonds is 6. The second-order valence-corrected chi connectivity index (χ2v) is 7.41. The number of nitrogens with zero attached hydrogens (tertiary/aromatic N) is 5. The van der Waals surface area contributed by atoms with Crippen LogP contribution in [0.2, 0.25) is 0 Å². The standard InChI is InChI=1S/C23H23N5O4/c1-5-31-23(30)15-8-6-10-24-20(15)27(4)22(29)16-12-18(19-9-7-11-32-19)26-21-17(16)13-25-28(21)14(2)3/h6-14H,5H2,1-4H3. The molecule has 0 unspecified atom stereocenters. The van der Waals surface area contributed by atoms with Gasteiger partial charge in [-0.1, -0.05) is 0 Å². The van der Waals surface area contributed by atoms with Crippen LogP contribution in [0.15, 0.2) is 53.4 Å². The van der Waals surface area contributed by atoms with Crippen LogP contribution >= 0.6 is 0 Å². The minimum absolute atomic E-state index is 0.0405. The summed E-state index contributed by atoms with van der Waals surface area (Å²) in [4.78, 5) is 36.3. The van der Waals surface area contributed by atoms with Crippen LogP contribution in [-0.2, 0) is 4.74 Å². The van der Waals surface area contributed by atoms with Crippen molar-refractivity contribution < 1.29 is 18.7 Å². The topological polar surface area (TPSA) is 103 Å². The van der Waals surface area contributed by atoms with Crippen LogP contribution in [-0.4, -0.2) is 45.3 Å². The monoisotopic (exact) mass is 433 g/mol. The zero-order valence-corrected chi connectivity index (χ0v) is 18.3. The maximum atomic E-state index is 13.6. The van der Waals surface area contributed by atoms with Gasteiger partial charge in [-0.3, -0.25) is 9.69 Å². The van der Waals surface area contributed by atoms with Crippen LogP contribution in [0.1, 0.15) is 47.5 Å². The highest BCUT2D eigenvalue weighted by Gasteiger charge is 2.26. The Hall–Kier alpha value is -4.01. The number of aromatic nitrogens is 4. The first-order chi connectivity index (χ1) is 15.4. The van der Waals surface area contributed by atoms with Gasteiger partial charge in [0.05, 0.1) is 30.0 Å². The van der Waals surface area contributed by atoms with E-state index in [2.05, 4.69) is 10.1 Å². The van der Waals surface area contributed by atoms with Gasteiger partial charge in [0.2, 0.25) is 0 Å². The van der Waals surface area contributed by atoms with E-state index >= 15 is 0 Å². The molecule has 0 aromatic carbocycles. The molecule has 32 heavy (non-hydrogen) atoms. The first-order valence-corrected chi connectivity index (χ1v) is 10.2. The van der Waals surface area contributed by atoms with Crippen molar-refractivity contribution in [2.45, 2.75) is 26.8 Å². The van der Waals surface area contributed by atoms with Crippen molar-refractivity contribution in [3.63, 3.8) is 0 Å². The van der Waals surface area contributed by atoms with E-state index in [0.29, 0.717) is 28.1 Å². The Balaban J connectivity index is 1.85. The number of carbonyl (C=O) groups is 2. The minimum atomic E-state index is -0.543. The van der Waals surface area contributed by atoms with E-state index in [9.17, 15) is 9.59 Å². The number of amides is 1. The fourth-order valence-electron chi connectivity index (χ4n) is 3.43. The molecule has 0 N–H and O–H groups in total. The predicted octanol–water partition coefficient (Wildman–Crippen LogP) is 4.12. The maximum absolute atomic E-state index is 13.6. The van der Waals surface area contributed by atoms with E-state index in [-0.39, 0.29) is 29.9 Å². The van der Waals surface area contributed by atoms with E-state index < -0.39 is 5.97 Å². The van der Waals surface area contributed by atoms with Crippen molar-refractivity contribution in [3.8, 4) is 11.5 Å². The van der Waals surface area contributed by atoms with Gasteiger partial charge in [-0.15, -0.1) is 0 Å². The normalized spacial score (nSPS) is 11.2. The fraction of sp³-hybridized carbons (Fsp3) is 0.261. The van der Waals surface area contributed by atoms with Gasteiger partial charge < -0.3 is 9.15 Å². The average Bonchev–Trinajstić information content (AvgIpc) is 3.47. The Bertz CT molecular complexity index is 1280. The van der Waals surface area contributed by atoms with Crippen molar-refractivity contribution in [1.29, 1.82) is 0 Å². The molecule has 4 aromatic heterocycles. The van der Waals surface area contributed by atoms with Crippen LogP contribution in [0.5, 0.6) is 0 Å². The number of pyridine rings is 2. The minimum Gasteiger partial charge on any atom is -0.463 e. The summed E-state index contributed by atoms with van der Waals surface area (Å²) in [5, 5.41) is 5.02. The Morgan fingerprint density at radius 3 is 2.72 bits per heavy atom. The van der Waals surface area contributed by atoms with E-state index in [1.54, 1.807) is 61.4 Å². The lowest BCUT2D eigenvalue weighted by Gasteiger charge is -2.19. The van der Waals surface area contributed by atoms with Crippen molar-refractivity contribution in [3.05, 3.63) is 60.1 Å². The summed E-state index contributed by atoms with van der Waals surface area (Å²) in [7, 11) is 1.57. The number of fused-ring (bicyclic) bond motifs is 1. The molecule has 0 aliphatic carbocycles. The van der Waals surface area contributed by atoms with Crippen LogP contribution in [0, 0.1) is 0 Å². The molecule has 0 fully saturated rings. The molecular formula is C23H23N5O4. The van der Waals surface area contributed by atoms with Gasteiger partial charge in [0.15, 0.2) is 11.4 Å². The number of hydrogen-bond donors (Lipinski definition) is 0. The largest absolute Gasteiger partial charge is 0.463 e. The predicted molar refractivity (Wildman–Crippen MR) is 119 cm³/mol. The van der Waals surface area contributed by atoms with Crippen molar-refractivity contribution in [2.75, 3.05) is 18.6 Å². The number of ether oxygens (including phenoxy) is 1. The lowest BCUT2D eigenvalue weighted by molar-refractivity contribution is 0.0527. The first-order valence-electron chi connectivity index (χ1n) is 10.2. The van der Waals surface area contributed by atoms with Crippen molar-refractivity contribution in [2.24, 2.45) is 0 Å². The van der Waals surface area contributed by atoms with E-state index in [0.717, 1.165) is 0 Å². The molecule has 0 radical (unpaired) electrons. The van der Waals surface area contributed by atoms with E-state index in [4.69, 9.17) is 14.1 Å². The average molecular weight is 433 g/mol. The van der Waals surface area contributed by atoms with Crippen molar-refractivity contribution >= 4 is 28.7 Å². The lowest BCUT2D eigenvalue weighted by Crippen LogP contribution is -2.29. The summed E-state index contributed by atoms with van der Waals surface area (Å²) >= 11 is 0. The van der Waals surface area contributed by atoms with Gasteiger partial charge in [-0.25, -0.2) is 19.4 Å². The van der Waals surface area contributed by atoms with Gasteiger partial charge in [0.1, 0.15) is 17.1 Å². The second-order valence-electron chi connectivity index (χ2n) is 7.41. The molecule has 164 valence electrons. The van der Waals surface area contributed by atoms with E-state index in [1.807, 2.05) is 13.8 Å². The molecule has 0 bridgehead atoms. The zero-order valence-electron chi connectivity index (χ0n) is 18.3. The van der Waals surface area contributed by atoms with E-state index in [1.165, 1.54) is 11.1 Å². The third kappa shape index (κ3) is 3.73. The SMILES string of the molecule is CCOC(=O)c1cccnc1N(C)C(=O)c1cc(-c2ccco2)nc2c1cnn2C(C)C. The number of anilines is 1. The molecule has 9 nitrogen and oxygen atoms in total. The highest BCUT2D eigenvalue weighted by Crippen LogP contribution is 2.29. The fourth-order valence-corrected chi connectivity index (χ4v) is 3.43. The summed E-state index contributed by atoms with van der Waals surface area (Å²) in [5.41, 5.74) is 1.65. The molecular weight excluding hydrogens is 410 g/mol. The Morgan fingerprint density at radius 1 is 1.22 bits per heavy atom. The van der Waals surface area contributed by atoms with Gasteiger partial charge in [-0.05, 0) is 51.1 Å². The molecule has 4 rings (SSSR count). The second kappa shape index (κ2) is 8.62. The molecule has 0 spiro atoms. The quantitative estimate of drug-likeness (QED) is 0.421. The number of hydrogen-bond acceptors (Lipinski definition) is 7. The number of carbonyl (C=O) groups excluding carboxylic acids is 2. The highest BCUT2D eigenvalue weighted by atomic mass is 16.5. The summed E-state index contributed by atoms with van der Waals surface area (Å²) in [5.74, 6) is -0.168. The van der Waals surface area contributed by atoms with Crippen molar-refractivity contribution in [1.82, 2.24) is 19.7 Å². The third-order valence-electron chi connectivity index (χ3n) is 4.96. The van der Waals surface area contributed by atoms with Crippen LogP contribution in [0.4, 0.5) is 5.82 Å². The summed E-state index contributed by atoms with van der Waals surface area (Å²) < 4.78 is 12.4. The van der Waals surface area contributed by atoms with Gasteiger partial charge in [-0.2, -0.15) is 5.10 Å². The summed E-state index contributed by atoms with van der Waals surface area (Å²) in [6.07, 6.45) is 4.70. The summed E-state index contributed by atoms with van der Waals surface area (Å²) in [6.45, 7) is 5.91. The first kappa shape index (κ1) is 21.2. The van der Waals surface area contributed by atoms with Gasteiger partial charge in [0.25, 0.3) is 5.91 Å². The van der Waals surface area contributed by atoms with Crippen LogP contribution in [0.25, 0.3) is 22.5 Å². The maximum Gasteiger partial charge on any atom is 0.341 e. The molecule has 0 aliphatic rings. The lowest BCUT2D eigenvalue weighted by atomic mass is 10.1. The highest BCUT2D eigenvalue weighted by molar-refractivity contribution is 6.14. The van der Waals surface area contributed by atoms with Crippen LogP contribution in [0.3, 0.4) is 0 Å². The van der Waals surface area contributed by atoms with Crippen LogP contribution < -0.4 is 4.90 Å². The molecule has 4 aromatic rings. The number of furan rings is 1. The molecule has 0 aliphatic heterocycles. The number of esters is 1. The molecule has 4 heterocycles. The van der Waals surface area contributed by atoms with Gasteiger partial charge in [0, 0.05) is 19.3 Å². The molecule has 0 saturated carbocycles. The Kier molecular flexibility index (Phi) is 5.72.